The van der Waals surface area contributed by atoms with Crippen LogP contribution in [-0.4, -0.2) is 31.1 Å². The molecule has 1 saturated carbocycles. The lowest BCUT2D eigenvalue weighted by Gasteiger charge is -2.20. The molecule has 1 heterocycles. The van der Waals surface area contributed by atoms with Crippen molar-refractivity contribution in [2.24, 2.45) is 11.8 Å². The number of esters is 2. The molecule has 0 unspecified atom stereocenters. The highest BCUT2D eigenvalue weighted by molar-refractivity contribution is 7.17. The summed E-state index contributed by atoms with van der Waals surface area (Å²) in [7, 11) is 0. The van der Waals surface area contributed by atoms with Crippen LogP contribution in [0.15, 0.2) is 0 Å². The summed E-state index contributed by atoms with van der Waals surface area (Å²) in [6.07, 6.45) is 10.1. The lowest BCUT2D eigenvalue weighted by Crippen LogP contribution is -2.22. The first-order chi connectivity index (χ1) is 14.5. The van der Waals surface area contributed by atoms with Gasteiger partial charge in [0.05, 0.1) is 12.2 Å². The zero-order valence-corrected chi connectivity index (χ0v) is 18.9. The number of carbonyl (C=O) groups excluding carboxylic acids is 3. The Morgan fingerprint density at radius 3 is 2.60 bits per heavy atom. The van der Waals surface area contributed by atoms with E-state index < -0.39 is 11.9 Å². The maximum atomic E-state index is 12.5. The van der Waals surface area contributed by atoms with Gasteiger partial charge in [0.1, 0.15) is 5.00 Å². The largest absolute Gasteiger partial charge is 0.462 e. The van der Waals surface area contributed by atoms with Gasteiger partial charge in [-0.15, -0.1) is 11.3 Å². The maximum absolute atomic E-state index is 12.5. The van der Waals surface area contributed by atoms with Crippen molar-refractivity contribution in [3.05, 3.63) is 16.0 Å². The standard InChI is InChI=1S/C23H33NO5S/c1-3-28-23(27)21-17-11-9-15(2)13-18(17)30-22(21)24-19(25)14-29-20(26)12-10-16-7-5-4-6-8-16/h15-16H,3-14H2,1-2H3,(H,24,25)/t15-/m1/s1. The Morgan fingerprint density at radius 1 is 1.10 bits per heavy atom. The molecule has 1 fully saturated rings. The summed E-state index contributed by atoms with van der Waals surface area (Å²) in [4.78, 5) is 38.1. The number of anilines is 1. The maximum Gasteiger partial charge on any atom is 0.341 e. The molecule has 0 saturated heterocycles. The van der Waals surface area contributed by atoms with Gasteiger partial charge in [-0.25, -0.2) is 4.79 Å². The van der Waals surface area contributed by atoms with E-state index in [0.29, 0.717) is 28.8 Å². The number of nitrogens with one attached hydrogen (secondary N) is 1. The van der Waals surface area contributed by atoms with E-state index in [-0.39, 0.29) is 19.2 Å². The van der Waals surface area contributed by atoms with Gasteiger partial charge in [0.25, 0.3) is 5.91 Å². The van der Waals surface area contributed by atoms with Crippen molar-refractivity contribution >= 4 is 34.2 Å². The van der Waals surface area contributed by atoms with Gasteiger partial charge in [-0.3, -0.25) is 9.59 Å². The minimum atomic E-state index is -0.418. The number of carbonyl (C=O) groups is 3. The molecule has 0 bridgehead atoms. The first-order valence-corrected chi connectivity index (χ1v) is 12.1. The van der Waals surface area contributed by atoms with Gasteiger partial charge in [0.15, 0.2) is 6.61 Å². The second-order valence-electron chi connectivity index (χ2n) is 8.53. The SMILES string of the molecule is CCOC(=O)c1c(NC(=O)COC(=O)CCC2CCCCC2)sc2c1CC[C@@H](C)C2. The Hall–Kier alpha value is -1.89. The molecule has 1 aromatic heterocycles. The van der Waals surface area contributed by atoms with Crippen LogP contribution in [0, 0.1) is 11.8 Å². The lowest BCUT2D eigenvalue weighted by molar-refractivity contribution is -0.147. The van der Waals surface area contributed by atoms with Crippen LogP contribution < -0.4 is 5.32 Å². The topological polar surface area (TPSA) is 81.7 Å². The molecule has 0 radical (unpaired) electrons. The first-order valence-electron chi connectivity index (χ1n) is 11.2. The van der Waals surface area contributed by atoms with Crippen molar-refractivity contribution in [3.63, 3.8) is 0 Å². The highest BCUT2D eigenvalue weighted by Gasteiger charge is 2.29. The smallest absolute Gasteiger partial charge is 0.341 e. The third-order valence-electron chi connectivity index (χ3n) is 6.09. The van der Waals surface area contributed by atoms with Crippen LogP contribution in [0.2, 0.25) is 0 Å². The molecule has 0 spiro atoms. The fraction of sp³-hybridized carbons (Fsp3) is 0.696. The summed E-state index contributed by atoms with van der Waals surface area (Å²) in [5.41, 5.74) is 1.47. The Labute approximate surface area is 182 Å². The molecule has 1 aromatic rings. The second-order valence-corrected chi connectivity index (χ2v) is 9.63. The van der Waals surface area contributed by atoms with E-state index in [4.69, 9.17) is 9.47 Å². The Balaban J connectivity index is 1.55. The number of fused-ring (bicyclic) bond motifs is 1. The summed E-state index contributed by atoms with van der Waals surface area (Å²) in [5.74, 6) is 0.00939. The minimum absolute atomic E-state index is 0.284. The van der Waals surface area contributed by atoms with Crippen molar-refractivity contribution in [1.82, 2.24) is 0 Å². The molecule has 1 atom stereocenters. The van der Waals surface area contributed by atoms with E-state index in [9.17, 15) is 14.4 Å². The van der Waals surface area contributed by atoms with E-state index in [2.05, 4.69) is 12.2 Å². The Kier molecular flexibility index (Phi) is 8.31. The van der Waals surface area contributed by atoms with Crippen LogP contribution >= 0.6 is 11.3 Å². The van der Waals surface area contributed by atoms with Crippen LogP contribution in [0.1, 0.15) is 86.0 Å². The zero-order valence-electron chi connectivity index (χ0n) is 18.1. The molecule has 3 rings (SSSR count). The monoisotopic (exact) mass is 435 g/mol. The third kappa shape index (κ3) is 6.06. The fourth-order valence-corrected chi connectivity index (χ4v) is 5.85. The van der Waals surface area contributed by atoms with Gasteiger partial charge in [-0.1, -0.05) is 39.0 Å². The lowest BCUT2D eigenvalue weighted by atomic mass is 9.86. The van der Waals surface area contributed by atoms with Gasteiger partial charge >= 0.3 is 11.9 Å². The number of rotatable bonds is 8. The van der Waals surface area contributed by atoms with Gasteiger partial charge in [-0.2, -0.15) is 0 Å². The van der Waals surface area contributed by atoms with Crippen molar-refractivity contribution in [1.29, 1.82) is 0 Å². The molecule has 30 heavy (non-hydrogen) atoms. The normalized spacial score (nSPS) is 19.1. The van der Waals surface area contributed by atoms with Crippen LogP contribution in [0.4, 0.5) is 5.00 Å². The molecule has 0 aromatic carbocycles. The molecule has 2 aliphatic carbocycles. The molecule has 166 valence electrons. The summed E-state index contributed by atoms with van der Waals surface area (Å²) < 4.78 is 10.4. The summed E-state index contributed by atoms with van der Waals surface area (Å²) in [6.45, 7) is 3.91. The highest BCUT2D eigenvalue weighted by Crippen LogP contribution is 2.40. The molecule has 6 nitrogen and oxygen atoms in total. The van der Waals surface area contributed by atoms with Crippen molar-refractivity contribution in [3.8, 4) is 0 Å². The third-order valence-corrected chi connectivity index (χ3v) is 7.26. The zero-order chi connectivity index (χ0) is 21.5. The average molecular weight is 436 g/mol. The predicted molar refractivity (Wildman–Crippen MR) is 117 cm³/mol. The van der Waals surface area contributed by atoms with Crippen LogP contribution in [0.25, 0.3) is 0 Å². The number of thiophene rings is 1. The van der Waals surface area contributed by atoms with E-state index >= 15 is 0 Å². The Bertz CT molecular complexity index is 766. The van der Waals surface area contributed by atoms with E-state index in [1.807, 2.05) is 0 Å². The van der Waals surface area contributed by atoms with Crippen LogP contribution in [-0.2, 0) is 31.9 Å². The molecule has 7 heteroatoms. The number of amides is 1. The highest BCUT2D eigenvalue weighted by atomic mass is 32.1. The van der Waals surface area contributed by atoms with Crippen LogP contribution in [0.5, 0.6) is 0 Å². The minimum Gasteiger partial charge on any atom is -0.462 e. The number of hydrogen-bond acceptors (Lipinski definition) is 6. The quantitative estimate of drug-likeness (QED) is 0.588. The Morgan fingerprint density at radius 2 is 1.87 bits per heavy atom. The average Bonchev–Trinajstić information content (AvgIpc) is 3.08. The molecule has 1 amide bonds. The van der Waals surface area contributed by atoms with Crippen LogP contribution in [0.3, 0.4) is 0 Å². The summed E-state index contributed by atoms with van der Waals surface area (Å²) >= 11 is 1.44. The first kappa shape index (κ1) is 22.8. The van der Waals surface area contributed by atoms with Gasteiger partial charge in [0.2, 0.25) is 0 Å². The molecule has 0 aliphatic heterocycles. The summed E-state index contributed by atoms with van der Waals surface area (Å²) in [6, 6.07) is 0. The van der Waals surface area contributed by atoms with E-state index in [1.165, 1.54) is 43.4 Å². The molecular weight excluding hydrogens is 402 g/mol. The number of hydrogen-bond donors (Lipinski definition) is 1. The molecule has 2 aliphatic rings. The van der Waals surface area contributed by atoms with Crippen molar-refractivity contribution < 1.29 is 23.9 Å². The number of ether oxygens (including phenoxy) is 2. The summed E-state index contributed by atoms with van der Waals surface area (Å²) in [5, 5.41) is 3.29. The molecule has 1 N–H and O–H groups in total. The van der Waals surface area contributed by atoms with E-state index in [1.54, 1.807) is 6.92 Å². The van der Waals surface area contributed by atoms with Crippen molar-refractivity contribution in [2.75, 3.05) is 18.5 Å². The van der Waals surface area contributed by atoms with Gasteiger partial charge in [0, 0.05) is 11.3 Å². The van der Waals surface area contributed by atoms with Gasteiger partial charge in [-0.05, 0) is 50.0 Å². The second kappa shape index (κ2) is 10.9. The fourth-order valence-electron chi connectivity index (χ4n) is 4.44. The van der Waals surface area contributed by atoms with E-state index in [0.717, 1.165) is 36.1 Å². The molecular formula is C23H33NO5S. The van der Waals surface area contributed by atoms with Crippen molar-refractivity contribution in [2.45, 2.75) is 78.1 Å². The predicted octanol–water partition coefficient (Wildman–Crippen LogP) is 4.89. The van der Waals surface area contributed by atoms with Gasteiger partial charge < -0.3 is 14.8 Å².